The maximum Gasteiger partial charge on any atom is 0.236 e. The van der Waals surface area contributed by atoms with Crippen LogP contribution in [0.4, 0.5) is 0 Å². The fraction of sp³-hybridized carbons (Fsp3) is 0.818. The lowest BCUT2D eigenvalue weighted by atomic mass is 10.2. The Balaban J connectivity index is 1.88. The Kier molecular flexibility index (Phi) is 3.44. The van der Waals surface area contributed by atoms with Gasteiger partial charge in [0, 0.05) is 13.1 Å². The summed E-state index contributed by atoms with van der Waals surface area (Å²) in [6, 6.07) is 0.616. The molecule has 4 nitrogen and oxygen atoms in total. The quantitative estimate of drug-likeness (QED) is 0.722. The number of rotatable bonds is 4. The average Bonchev–Trinajstić information content (AvgIpc) is 2.97. The van der Waals surface area contributed by atoms with Crippen LogP contribution in [0.25, 0.3) is 0 Å². The number of carbonyl (C=O) groups is 1. The highest BCUT2D eigenvalue weighted by Gasteiger charge is 2.33. The molecule has 16 heavy (non-hydrogen) atoms. The van der Waals surface area contributed by atoms with E-state index in [4.69, 9.17) is 18.0 Å². The standard InChI is InChI=1S/C11H19N3OS/c1-13(8-4-5-8)10(15)7-14-6-2-3-9(14)11(12)16/h8-9H,2-7H2,1H3,(H2,12,16). The third kappa shape index (κ3) is 2.52. The highest BCUT2D eigenvalue weighted by atomic mass is 32.1. The van der Waals surface area contributed by atoms with Gasteiger partial charge in [-0.2, -0.15) is 0 Å². The summed E-state index contributed by atoms with van der Waals surface area (Å²) in [5.41, 5.74) is 5.68. The van der Waals surface area contributed by atoms with Crippen molar-refractivity contribution in [2.75, 3.05) is 20.1 Å². The number of hydrogen-bond donors (Lipinski definition) is 1. The average molecular weight is 241 g/mol. The minimum atomic E-state index is 0.131. The first-order chi connectivity index (χ1) is 7.59. The molecular weight excluding hydrogens is 222 g/mol. The first kappa shape index (κ1) is 11.8. The fourth-order valence-electron chi connectivity index (χ4n) is 2.29. The van der Waals surface area contributed by atoms with E-state index >= 15 is 0 Å². The summed E-state index contributed by atoms with van der Waals surface area (Å²) in [5.74, 6) is 0.200. The van der Waals surface area contributed by atoms with Gasteiger partial charge in [0.2, 0.25) is 5.91 Å². The molecule has 1 heterocycles. The molecule has 0 bridgehead atoms. The largest absolute Gasteiger partial charge is 0.392 e. The Morgan fingerprint density at radius 1 is 1.50 bits per heavy atom. The van der Waals surface area contributed by atoms with Crippen LogP contribution in [0.15, 0.2) is 0 Å². The van der Waals surface area contributed by atoms with Gasteiger partial charge < -0.3 is 10.6 Å². The van der Waals surface area contributed by atoms with Crippen molar-refractivity contribution >= 4 is 23.1 Å². The molecule has 1 atom stereocenters. The minimum absolute atomic E-state index is 0.131. The van der Waals surface area contributed by atoms with Crippen LogP contribution in [0.5, 0.6) is 0 Å². The second-order valence-electron chi connectivity index (χ2n) is 4.77. The molecule has 1 amide bonds. The molecule has 2 fully saturated rings. The van der Waals surface area contributed by atoms with Gasteiger partial charge in [0.1, 0.15) is 0 Å². The molecule has 1 aliphatic heterocycles. The topological polar surface area (TPSA) is 49.6 Å². The third-order valence-corrected chi connectivity index (χ3v) is 3.79. The number of thiocarbonyl (C=S) groups is 1. The van der Waals surface area contributed by atoms with Crippen LogP contribution >= 0.6 is 12.2 Å². The molecule has 90 valence electrons. The van der Waals surface area contributed by atoms with Crippen LogP contribution in [-0.4, -0.2) is 52.9 Å². The zero-order valence-electron chi connectivity index (χ0n) is 9.69. The molecular formula is C11H19N3OS. The number of likely N-dealkylation sites (tertiary alicyclic amines) is 1. The van der Waals surface area contributed by atoms with Crippen LogP contribution in [0.1, 0.15) is 25.7 Å². The summed E-state index contributed by atoms with van der Waals surface area (Å²) in [7, 11) is 1.89. The molecule has 0 aromatic rings. The maximum absolute atomic E-state index is 11.9. The van der Waals surface area contributed by atoms with E-state index in [2.05, 4.69) is 4.90 Å². The molecule has 2 N–H and O–H groups in total. The summed E-state index contributed by atoms with van der Waals surface area (Å²) >= 11 is 5.03. The lowest BCUT2D eigenvalue weighted by Gasteiger charge is -2.25. The van der Waals surface area contributed by atoms with Crippen molar-refractivity contribution < 1.29 is 4.79 Å². The van der Waals surface area contributed by atoms with Crippen molar-refractivity contribution in [1.29, 1.82) is 0 Å². The van der Waals surface area contributed by atoms with Crippen molar-refractivity contribution in [3.05, 3.63) is 0 Å². The lowest BCUT2D eigenvalue weighted by Crippen LogP contribution is -2.45. The highest BCUT2D eigenvalue weighted by Crippen LogP contribution is 2.26. The smallest absolute Gasteiger partial charge is 0.236 e. The van der Waals surface area contributed by atoms with Gasteiger partial charge in [-0.25, -0.2) is 0 Å². The van der Waals surface area contributed by atoms with Gasteiger partial charge in [0.15, 0.2) is 0 Å². The number of amides is 1. The Labute approximate surface area is 102 Å². The Morgan fingerprint density at radius 3 is 2.75 bits per heavy atom. The van der Waals surface area contributed by atoms with E-state index < -0.39 is 0 Å². The van der Waals surface area contributed by atoms with E-state index in [1.54, 1.807) is 0 Å². The summed E-state index contributed by atoms with van der Waals surface area (Å²) < 4.78 is 0. The van der Waals surface area contributed by atoms with Gasteiger partial charge in [-0.05, 0) is 32.2 Å². The molecule has 1 saturated heterocycles. The molecule has 0 aromatic heterocycles. The van der Waals surface area contributed by atoms with Gasteiger partial charge in [-0.3, -0.25) is 9.69 Å². The summed E-state index contributed by atoms with van der Waals surface area (Å²) in [6.07, 6.45) is 4.39. The third-order valence-electron chi connectivity index (χ3n) is 3.52. The van der Waals surface area contributed by atoms with Crippen LogP contribution in [0, 0.1) is 0 Å². The van der Waals surface area contributed by atoms with Crippen LogP contribution in [0.3, 0.4) is 0 Å². The van der Waals surface area contributed by atoms with E-state index in [0.717, 1.165) is 32.2 Å². The molecule has 1 saturated carbocycles. The summed E-state index contributed by atoms with van der Waals surface area (Å²) in [5, 5.41) is 0. The Bertz CT molecular complexity index is 304. The van der Waals surface area contributed by atoms with Crippen molar-refractivity contribution in [2.24, 2.45) is 5.73 Å². The summed E-state index contributed by atoms with van der Waals surface area (Å²) in [6.45, 7) is 1.40. The maximum atomic E-state index is 11.9. The minimum Gasteiger partial charge on any atom is -0.392 e. The number of nitrogens with zero attached hydrogens (tertiary/aromatic N) is 2. The molecule has 1 aliphatic carbocycles. The number of hydrogen-bond acceptors (Lipinski definition) is 3. The van der Waals surface area contributed by atoms with Gasteiger partial charge in [-0.15, -0.1) is 0 Å². The van der Waals surface area contributed by atoms with Crippen LogP contribution in [0.2, 0.25) is 0 Å². The van der Waals surface area contributed by atoms with Crippen LogP contribution < -0.4 is 5.73 Å². The first-order valence-corrected chi connectivity index (χ1v) is 6.29. The van der Waals surface area contributed by atoms with Gasteiger partial charge in [0.25, 0.3) is 0 Å². The predicted octanol–water partition coefficient (Wildman–Crippen LogP) is 0.358. The van der Waals surface area contributed by atoms with E-state index in [1.165, 1.54) is 0 Å². The SMILES string of the molecule is CN(C(=O)CN1CCCC1C(N)=S)C1CC1. The van der Waals surface area contributed by atoms with E-state index in [1.807, 2.05) is 11.9 Å². The molecule has 1 unspecified atom stereocenters. The van der Waals surface area contributed by atoms with Gasteiger partial charge in [0.05, 0.1) is 17.6 Å². The molecule has 2 rings (SSSR count). The monoisotopic (exact) mass is 241 g/mol. The van der Waals surface area contributed by atoms with Gasteiger partial charge in [-0.1, -0.05) is 12.2 Å². The zero-order valence-corrected chi connectivity index (χ0v) is 10.5. The number of carbonyl (C=O) groups excluding carboxylic acids is 1. The fourth-order valence-corrected chi connectivity index (χ4v) is 2.56. The molecule has 2 aliphatic rings. The van der Waals surface area contributed by atoms with Crippen molar-refractivity contribution in [3.63, 3.8) is 0 Å². The first-order valence-electron chi connectivity index (χ1n) is 5.88. The molecule has 5 heteroatoms. The molecule has 0 radical (unpaired) electrons. The van der Waals surface area contributed by atoms with E-state index in [-0.39, 0.29) is 11.9 Å². The molecule has 0 spiro atoms. The van der Waals surface area contributed by atoms with Crippen molar-refractivity contribution in [2.45, 2.75) is 37.8 Å². The number of nitrogens with two attached hydrogens (primary N) is 1. The van der Waals surface area contributed by atoms with E-state index in [9.17, 15) is 4.79 Å². The Hall–Kier alpha value is -0.680. The highest BCUT2D eigenvalue weighted by molar-refractivity contribution is 7.80. The van der Waals surface area contributed by atoms with Gasteiger partial charge >= 0.3 is 0 Å². The second-order valence-corrected chi connectivity index (χ2v) is 5.24. The van der Waals surface area contributed by atoms with Crippen LogP contribution in [-0.2, 0) is 4.79 Å². The predicted molar refractivity (Wildman–Crippen MR) is 67.2 cm³/mol. The summed E-state index contributed by atoms with van der Waals surface area (Å²) in [4.78, 5) is 16.5. The Morgan fingerprint density at radius 2 is 2.19 bits per heavy atom. The second kappa shape index (κ2) is 4.67. The van der Waals surface area contributed by atoms with Crippen molar-refractivity contribution in [3.8, 4) is 0 Å². The molecule has 0 aromatic carbocycles. The normalized spacial score (nSPS) is 25.7. The lowest BCUT2D eigenvalue weighted by molar-refractivity contribution is -0.131. The van der Waals surface area contributed by atoms with Crippen molar-refractivity contribution in [1.82, 2.24) is 9.80 Å². The number of likely N-dealkylation sites (N-methyl/N-ethyl adjacent to an activating group) is 1. The zero-order chi connectivity index (χ0) is 11.7. The van der Waals surface area contributed by atoms with E-state index in [0.29, 0.717) is 17.6 Å².